The zero-order valence-corrected chi connectivity index (χ0v) is 13.7. The minimum absolute atomic E-state index is 0.212. The van der Waals surface area contributed by atoms with Gasteiger partial charge in [0.25, 0.3) is 0 Å². The van der Waals surface area contributed by atoms with Crippen LogP contribution in [0.1, 0.15) is 24.8 Å². The molecule has 5 atom stereocenters. The van der Waals surface area contributed by atoms with Crippen LogP contribution in [0.3, 0.4) is 0 Å². The first-order chi connectivity index (χ1) is 11.2. The number of para-hydroxylation sites is 1. The highest BCUT2D eigenvalue weighted by Crippen LogP contribution is 2.56. The fourth-order valence-electron chi connectivity index (χ4n) is 4.67. The van der Waals surface area contributed by atoms with Crippen LogP contribution in [-0.2, 0) is 0 Å². The topological polar surface area (TPSA) is 56.7 Å². The van der Waals surface area contributed by atoms with Gasteiger partial charge in [-0.1, -0.05) is 24.3 Å². The fourth-order valence-corrected chi connectivity index (χ4v) is 4.87. The molecule has 2 bridgehead atoms. The second-order valence-electron chi connectivity index (χ2n) is 6.81. The molecule has 5 heteroatoms. The van der Waals surface area contributed by atoms with Crippen LogP contribution in [-0.4, -0.2) is 22.5 Å². The molecule has 4 nitrogen and oxygen atoms in total. The van der Waals surface area contributed by atoms with Crippen molar-refractivity contribution in [3.8, 4) is 5.75 Å². The molecule has 0 spiro atoms. The number of allylic oxidation sites excluding steroid dienone is 2. The first-order valence-electron chi connectivity index (χ1n) is 8.26. The van der Waals surface area contributed by atoms with Crippen molar-refractivity contribution in [2.45, 2.75) is 25.3 Å². The van der Waals surface area contributed by atoms with Crippen molar-refractivity contribution in [2.24, 2.45) is 28.8 Å². The molecule has 0 amide bonds. The molecule has 2 fully saturated rings. The molecule has 0 aliphatic heterocycles. The fraction of sp³-hybridized carbons (Fsp3) is 0.444. The number of hydrogen-bond donors (Lipinski definition) is 3. The van der Waals surface area contributed by atoms with E-state index in [4.69, 9.17) is 12.2 Å². The van der Waals surface area contributed by atoms with E-state index in [0.717, 1.165) is 17.8 Å². The molecule has 0 aromatic heterocycles. The van der Waals surface area contributed by atoms with E-state index in [-0.39, 0.29) is 5.75 Å². The normalized spacial score (nSPS) is 34.0. The van der Waals surface area contributed by atoms with Crippen molar-refractivity contribution in [2.75, 3.05) is 0 Å². The van der Waals surface area contributed by atoms with Crippen molar-refractivity contribution in [1.29, 1.82) is 0 Å². The Morgan fingerprint density at radius 1 is 1.26 bits per heavy atom. The third-order valence-corrected chi connectivity index (χ3v) is 5.84. The van der Waals surface area contributed by atoms with Gasteiger partial charge in [0.2, 0.25) is 0 Å². The molecular formula is C18H21N3OS. The van der Waals surface area contributed by atoms with E-state index in [1.165, 1.54) is 19.3 Å². The van der Waals surface area contributed by atoms with E-state index in [1.54, 1.807) is 24.4 Å². The molecule has 3 aliphatic carbocycles. The Bertz CT molecular complexity index is 672. The Balaban J connectivity index is 1.31. The van der Waals surface area contributed by atoms with Crippen molar-refractivity contribution in [1.82, 2.24) is 10.7 Å². The lowest BCUT2D eigenvalue weighted by atomic mass is 9.79. The molecule has 2 saturated carbocycles. The van der Waals surface area contributed by atoms with Gasteiger partial charge >= 0.3 is 0 Å². The molecular weight excluding hydrogens is 306 g/mol. The monoisotopic (exact) mass is 327 g/mol. The summed E-state index contributed by atoms with van der Waals surface area (Å²) in [6.45, 7) is 0. The number of benzene rings is 1. The molecule has 120 valence electrons. The molecule has 0 heterocycles. The van der Waals surface area contributed by atoms with Crippen molar-refractivity contribution in [3.05, 3.63) is 42.0 Å². The van der Waals surface area contributed by atoms with Gasteiger partial charge in [0.05, 0.1) is 6.21 Å². The Labute approximate surface area is 141 Å². The summed E-state index contributed by atoms with van der Waals surface area (Å²) in [5, 5.41) is 17.8. The minimum Gasteiger partial charge on any atom is -0.507 e. The van der Waals surface area contributed by atoms with Gasteiger partial charge in [-0.05, 0) is 67.3 Å². The minimum atomic E-state index is 0.212. The van der Waals surface area contributed by atoms with E-state index >= 15 is 0 Å². The van der Waals surface area contributed by atoms with E-state index < -0.39 is 0 Å². The average molecular weight is 327 g/mol. The summed E-state index contributed by atoms with van der Waals surface area (Å²) in [7, 11) is 0. The number of phenols is 1. The van der Waals surface area contributed by atoms with Gasteiger partial charge in [0.1, 0.15) is 5.75 Å². The van der Waals surface area contributed by atoms with Crippen LogP contribution in [0, 0.1) is 23.7 Å². The smallest absolute Gasteiger partial charge is 0.187 e. The summed E-state index contributed by atoms with van der Waals surface area (Å²) in [6, 6.07) is 7.55. The number of nitrogens with one attached hydrogen (secondary N) is 2. The Hall–Kier alpha value is -1.88. The number of hydrogen-bond acceptors (Lipinski definition) is 3. The highest BCUT2D eigenvalue weighted by Gasteiger charge is 2.52. The summed E-state index contributed by atoms with van der Waals surface area (Å²) < 4.78 is 0. The zero-order valence-electron chi connectivity index (χ0n) is 12.9. The first kappa shape index (κ1) is 14.7. The summed E-state index contributed by atoms with van der Waals surface area (Å²) in [5.74, 6) is 3.41. The van der Waals surface area contributed by atoms with E-state index in [9.17, 15) is 5.11 Å². The van der Waals surface area contributed by atoms with Crippen LogP contribution in [0.4, 0.5) is 0 Å². The SMILES string of the molecule is Oc1ccccc1/C=N/NC(=S)NC1CC2CC1C1C=CCC21. The average Bonchev–Trinajstić information content (AvgIpc) is 3.21. The van der Waals surface area contributed by atoms with Gasteiger partial charge in [-0.3, -0.25) is 5.43 Å². The maximum atomic E-state index is 9.69. The summed E-state index contributed by atoms with van der Waals surface area (Å²) in [4.78, 5) is 0. The Morgan fingerprint density at radius 2 is 2.13 bits per heavy atom. The summed E-state index contributed by atoms with van der Waals surface area (Å²) >= 11 is 5.36. The Morgan fingerprint density at radius 3 is 3.00 bits per heavy atom. The maximum absolute atomic E-state index is 9.69. The number of rotatable bonds is 3. The first-order valence-corrected chi connectivity index (χ1v) is 8.67. The van der Waals surface area contributed by atoms with E-state index in [2.05, 4.69) is 28.0 Å². The van der Waals surface area contributed by atoms with Crippen LogP contribution in [0.5, 0.6) is 5.75 Å². The van der Waals surface area contributed by atoms with Gasteiger partial charge in [-0.25, -0.2) is 0 Å². The number of thiocarbonyl (C=S) groups is 1. The number of nitrogens with zero attached hydrogens (tertiary/aromatic N) is 1. The van der Waals surface area contributed by atoms with Crippen LogP contribution in [0.25, 0.3) is 0 Å². The molecule has 1 aromatic carbocycles. The predicted octanol–water partition coefficient (Wildman–Crippen LogP) is 2.79. The van der Waals surface area contributed by atoms with Gasteiger partial charge in [0, 0.05) is 11.6 Å². The third-order valence-electron chi connectivity index (χ3n) is 5.63. The predicted molar refractivity (Wildman–Crippen MR) is 95.3 cm³/mol. The quantitative estimate of drug-likeness (QED) is 0.346. The largest absolute Gasteiger partial charge is 0.507 e. The van der Waals surface area contributed by atoms with Gasteiger partial charge < -0.3 is 10.4 Å². The van der Waals surface area contributed by atoms with E-state index in [0.29, 0.717) is 22.6 Å². The standard InChI is InChI=1S/C18H21N3OS/c22-17-7-2-1-4-11(17)10-19-21-18(23)20-16-9-12-8-15(16)14-6-3-5-13(12)14/h1-4,6-7,10,12-16,22H,5,8-9H2,(H2,20,21,23)/b19-10+. The zero-order chi connectivity index (χ0) is 15.8. The molecule has 4 rings (SSSR count). The van der Waals surface area contributed by atoms with E-state index in [1.807, 2.05) is 6.07 Å². The second kappa shape index (κ2) is 5.96. The lowest BCUT2D eigenvalue weighted by Gasteiger charge is -2.32. The molecule has 3 aliphatic rings. The maximum Gasteiger partial charge on any atom is 0.187 e. The lowest BCUT2D eigenvalue weighted by molar-refractivity contribution is 0.246. The lowest BCUT2D eigenvalue weighted by Crippen LogP contribution is -2.45. The highest BCUT2D eigenvalue weighted by molar-refractivity contribution is 7.80. The summed E-state index contributed by atoms with van der Waals surface area (Å²) in [5.41, 5.74) is 3.53. The molecule has 23 heavy (non-hydrogen) atoms. The van der Waals surface area contributed by atoms with Crippen LogP contribution >= 0.6 is 12.2 Å². The number of aromatic hydroxyl groups is 1. The Kier molecular flexibility index (Phi) is 3.81. The number of fused-ring (bicyclic) bond motifs is 5. The number of hydrazone groups is 1. The third kappa shape index (κ3) is 2.74. The molecule has 0 saturated heterocycles. The molecule has 3 N–H and O–H groups in total. The van der Waals surface area contributed by atoms with Crippen molar-refractivity contribution in [3.63, 3.8) is 0 Å². The second-order valence-corrected chi connectivity index (χ2v) is 7.22. The highest BCUT2D eigenvalue weighted by atomic mass is 32.1. The summed E-state index contributed by atoms with van der Waals surface area (Å²) in [6.07, 6.45) is 10.2. The van der Waals surface area contributed by atoms with Gasteiger partial charge in [-0.2, -0.15) is 5.10 Å². The van der Waals surface area contributed by atoms with Crippen LogP contribution in [0.15, 0.2) is 41.5 Å². The molecule has 5 unspecified atom stereocenters. The molecule has 0 radical (unpaired) electrons. The number of phenolic OH excluding ortho intramolecular Hbond substituents is 1. The van der Waals surface area contributed by atoms with Gasteiger partial charge in [0.15, 0.2) is 5.11 Å². The van der Waals surface area contributed by atoms with Gasteiger partial charge in [-0.15, -0.1) is 0 Å². The van der Waals surface area contributed by atoms with Crippen molar-refractivity contribution < 1.29 is 5.11 Å². The molecule has 1 aromatic rings. The van der Waals surface area contributed by atoms with Crippen molar-refractivity contribution >= 4 is 23.5 Å². The van der Waals surface area contributed by atoms with Crippen LogP contribution in [0.2, 0.25) is 0 Å². The van der Waals surface area contributed by atoms with Crippen LogP contribution < -0.4 is 10.7 Å².